The molecule has 0 saturated carbocycles. The van der Waals surface area contributed by atoms with Crippen molar-refractivity contribution < 1.29 is 13.9 Å². The van der Waals surface area contributed by atoms with Gasteiger partial charge in [-0.3, -0.25) is 4.79 Å². The molecule has 0 aliphatic heterocycles. The second kappa shape index (κ2) is 7.15. The topological polar surface area (TPSA) is 47.0 Å². The first-order valence-corrected chi connectivity index (χ1v) is 9.46. The Balaban J connectivity index is 2.02. The number of carbonyl (C=O) groups excluding carboxylic acids is 1. The van der Waals surface area contributed by atoms with E-state index in [1.165, 1.54) is 19.2 Å². The first kappa shape index (κ1) is 18.3. The number of aromatic nitrogens is 2. The van der Waals surface area contributed by atoms with Crippen molar-refractivity contribution in [2.75, 3.05) is 7.11 Å². The van der Waals surface area contributed by atoms with Gasteiger partial charge in [0.1, 0.15) is 5.82 Å². The number of methoxy groups -OCH3 is 1. The Labute approximate surface area is 162 Å². The molecule has 2 heterocycles. The number of aryl methyl sites for hydroxylation is 1. The molecule has 28 heavy (non-hydrogen) atoms. The summed E-state index contributed by atoms with van der Waals surface area (Å²) in [4.78, 5) is 15.1. The molecule has 0 aliphatic carbocycles. The standard InChI is InChI=1S/C23H23FN2O2/c1-14(2)23-18(8-9-22(27)28-3)19-13-20-15(10-11-25-20)12-21(19)26(23)17-6-4-16(24)5-7-17/h4-7,10-14,25H,8-9H2,1-3H3. The van der Waals surface area contributed by atoms with Gasteiger partial charge in [0.25, 0.3) is 0 Å². The van der Waals surface area contributed by atoms with Gasteiger partial charge in [0.15, 0.2) is 0 Å². The molecule has 0 saturated heterocycles. The van der Waals surface area contributed by atoms with E-state index in [0.29, 0.717) is 12.8 Å². The molecule has 0 spiro atoms. The Hall–Kier alpha value is -3.08. The largest absolute Gasteiger partial charge is 0.469 e. The van der Waals surface area contributed by atoms with Gasteiger partial charge in [-0.25, -0.2) is 4.39 Å². The van der Waals surface area contributed by atoms with E-state index in [0.717, 1.165) is 38.8 Å². The first-order chi connectivity index (χ1) is 13.5. The average molecular weight is 378 g/mol. The van der Waals surface area contributed by atoms with Crippen molar-refractivity contribution in [1.29, 1.82) is 0 Å². The Morgan fingerprint density at radius 1 is 1.18 bits per heavy atom. The number of hydrogen-bond donors (Lipinski definition) is 1. The van der Waals surface area contributed by atoms with Crippen LogP contribution in [0, 0.1) is 5.82 Å². The van der Waals surface area contributed by atoms with Crippen LogP contribution in [0.2, 0.25) is 0 Å². The van der Waals surface area contributed by atoms with Crippen molar-refractivity contribution in [1.82, 2.24) is 9.55 Å². The number of hydrogen-bond acceptors (Lipinski definition) is 2. The fraction of sp³-hybridized carbons (Fsp3) is 0.261. The Kier molecular flexibility index (Phi) is 4.67. The number of esters is 1. The molecule has 4 rings (SSSR count). The van der Waals surface area contributed by atoms with Crippen LogP contribution in [0.25, 0.3) is 27.5 Å². The van der Waals surface area contributed by atoms with Gasteiger partial charge in [-0.05, 0) is 60.4 Å². The lowest BCUT2D eigenvalue weighted by atomic mass is 9.99. The minimum absolute atomic E-state index is 0.224. The molecule has 2 aromatic carbocycles. The summed E-state index contributed by atoms with van der Waals surface area (Å²) in [5, 5.41) is 2.22. The number of nitrogens with zero attached hydrogens (tertiary/aromatic N) is 1. The van der Waals surface area contributed by atoms with Gasteiger partial charge in [-0.2, -0.15) is 0 Å². The summed E-state index contributed by atoms with van der Waals surface area (Å²) in [5.41, 5.74) is 5.30. The zero-order valence-corrected chi connectivity index (χ0v) is 16.3. The molecule has 2 aromatic heterocycles. The van der Waals surface area contributed by atoms with Crippen molar-refractivity contribution >= 4 is 27.8 Å². The number of carbonyl (C=O) groups is 1. The summed E-state index contributed by atoms with van der Waals surface area (Å²) < 4.78 is 20.6. The average Bonchev–Trinajstić information content (AvgIpc) is 3.26. The fourth-order valence-corrected chi connectivity index (χ4v) is 3.98. The van der Waals surface area contributed by atoms with Crippen LogP contribution in [-0.4, -0.2) is 22.6 Å². The number of aromatic amines is 1. The van der Waals surface area contributed by atoms with Gasteiger partial charge in [-0.15, -0.1) is 0 Å². The highest BCUT2D eigenvalue weighted by Crippen LogP contribution is 2.37. The minimum Gasteiger partial charge on any atom is -0.469 e. The molecular formula is C23H23FN2O2. The number of rotatable bonds is 5. The van der Waals surface area contributed by atoms with E-state index in [1.54, 1.807) is 12.1 Å². The second-order valence-corrected chi connectivity index (χ2v) is 7.34. The maximum atomic E-state index is 13.5. The summed E-state index contributed by atoms with van der Waals surface area (Å²) in [6, 6.07) is 12.9. The van der Waals surface area contributed by atoms with Crippen molar-refractivity contribution in [3.63, 3.8) is 0 Å². The van der Waals surface area contributed by atoms with Crippen LogP contribution in [0.5, 0.6) is 0 Å². The molecule has 0 unspecified atom stereocenters. The van der Waals surface area contributed by atoms with Gasteiger partial charge >= 0.3 is 5.97 Å². The zero-order valence-electron chi connectivity index (χ0n) is 16.3. The van der Waals surface area contributed by atoms with Crippen LogP contribution in [-0.2, 0) is 16.0 Å². The van der Waals surface area contributed by atoms with Crippen LogP contribution in [0.1, 0.15) is 37.4 Å². The van der Waals surface area contributed by atoms with Gasteiger partial charge in [0.2, 0.25) is 0 Å². The third-order valence-corrected chi connectivity index (χ3v) is 5.22. The normalized spacial score (nSPS) is 11.6. The second-order valence-electron chi connectivity index (χ2n) is 7.34. The summed E-state index contributed by atoms with van der Waals surface area (Å²) in [5.74, 6) is -0.257. The Morgan fingerprint density at radius 2 is 1.93 bits per heavy atom. The van der Waals surface area contributed by atoms with E-state index in [4.69, 9.17) is 4.74 Å². The number of halogens is 1. The van der Waals surface area contributed by atoms with Crippen LogP contribution < -0.4 is 0 Å². The van der Waals surface area contributed by atoms with Crippen molar-refractivity contribution in [3.05, 3.63) is 65.7 Å². The van der Waals surface area contributed by atoms with E-state index in [1.807, 2.05) is 12.3 Å². The van der Waals surface area contributed by atoms with E-state index in [2.05, 4.69) is 35.5 Å². The summed E-state index contributed by atoms with van der Waals surface area (Å²) in [6.45, 7) is 4.28. The number of benzene rings is 2. The predicted octanol–water partition coefficient (Wildman–Crippen LogP) is 5.48. The Bertz CT molecular complexity index is 1150. The van der Waals surface area contributed by atoms with Gasteiger partial charge in [0, 0.05) is 40.3 Å². The predicted molar refractivity (Wildman–Crippen MR) is 110 cm³/mol. The lowest BCUT2D eigenvalue weighted by Crippen LogP contribution is -2.07. The van der Waals surface area contributed by atoms with Gasteiger partial charge in [0.05, 0.1) is 12.6 Å². The quantitative estimate of drug-likeness (QED) is 0.468. The molecule has 0 atom stereocenters. The van der Waals surface area contributed by atoms with Crippen molar-refractivity contribution in [3.8, 4) is 5.69 Å². The molecule has 0 radical (unpaired) electrons. The van der Waals surface area contributed by atoms with Crippen LogP contribution in [0.3, 0.4) is 0 Å². The first-order valence-electron chi connectivity index (χ1n) is 9.46. The van der Waals surface area contributed by atoms with E-state index < -0.39 is 0 Å². The molecule has 0 fully saturated rings. The zero-order chi connectivity index (χ0) is 19.8. The van der Waals surface area contributed by atoms with Crippen molar-refractivity contribution in [2.24, 2.45) is 0 Å². The molecule has 144 valence electrons. The fourth-order valence-electron chi connectivity index (χ4n) is 3.98. The third kappa shape index (κ3) is 3.07. The highest BCUT2D eigenvalue weighted by Gasteiger charge is 2.22. The van der Waals surface area contributed by atoms with E-state index >= 15 is 0 Å². The third-order valence-electron chi connectivity index (χ3n) is 5.22. The molecule has 0 bridgehead atoms. The molecule has 5 heteroatoms. The monoisotopic (exact) mass is 378 g/mol. The van der Waals surface area contributed by atoms with Crippen LogP contribution in [0.4, 0.5) is 4.39 Å². The highest BCUT2D eigenvalue weighted by atomic mass is 19.1. The SMILES string of the molecule is COC(=O)CCc1c(C(C)C)n(-c2ccc(F)cc2)c2cc3cc[nH]c3cc12. The lowest BCUT2D eigenvalue weighted by Gasteiger charge is -2.15. The summed E-state index contributed by atoms with van der Waals surface area (Å²) in [7, 11) is 1.41. The van der Waals surface area contributed by atoms with Gasteiger partial charge in [-0.1, -0.05) is 13.8 Å². The van der Waals surface area contributed by atoms with Crippen molar-refractivity contribution in [2.45, 2.75) is 32.6 Å². The van der Waals surface area contributed by atoms with Crippen LogP contribution in [0.15, 0.2) is 48.7 Å². The molecule has 4 aromatic rings. The van der Waals surface area contributed by atoms with Crippen LogP contribution >= 0.6 is 0 Å². The number of H-pyrrole nitrogens is 1. The lowest BCUT2D eigenvalue weighted by molar-refractivity contribution is -0.140. The minimum atomic E-state index is -0.259. The maximum Gasteiger partial charge on any atom is 0.305 e. The number of ether oxygens (including phenoxy) is 1. The maximum absolute atomic E-state index is 13.5. The number of fused-ring (bicyclic) bond motifs is 2. The molecule has 4 nitrogen and oxygen atoms in total. The molecule has 0 aliphatic rings. The Morgan fingerprint density at radius 3 is 2.61 bits per heavy atom. The molecule has 0 amide bonds. The number of nitrogens with one attached hydrogen (secondary N) is 1. The molecular weight excluding hydrogens is 355 g/mol. The summed E-state index contributed by atoms with van der Waals surface area (Å²) in [6.07, 6.45) is 2.84. The smallest absolute Gasteiger partial charge is 0.305 e. The van der Waals surface area contributed by atoms with E-state index in [-0.39, 0.29) is 17.7 Å². The van der Waals surface area contributed by atoms with Gasteiger partial charge < -0.3 is 14.3 Å². The summed E-state index contributed by atoms with van der Waals surface area (Å²) >= 11 is 0. The molecule has 1 N–H and O–H groups in total. The van der Waals surface area contributed by atoms with E-state index in [9.17, 15) is 9.18 Å². The highest BCUT2D eigenvalue weighted by molar-refractivity contribution is 5.99.